The SMILES string of the molecule is COc1ccccc1-c1nn(-c2ccccc2)cc1C(=O)Nc1cccc(C2SCCCS2)c1. The van der Waals surface area contributed by atoms with Crippen LogP contribution in [-0.4, -0.2) is 34.3 Å². The molecule has 0 spiro atoms. The molecular weight excluding hydrogens is 462 g/mol. The van der Waals surface area contributed by atoms with Crippen LogP contribution >= 0.6 is 23.5 Å². The monoisotopic (exact) mass is 487 g/mol. The van der Waals surface area contributed by atoms with E-state index in [0.29, 0.717) is 21.6 Å². The first-order valence-electron chi connectivity index (χ1n) is 11.2. The lowest BCUT2D eigenvalue weighted by Crippen LogP contribution is -2.13. The number of aromatic nitrogens is 2. The summed E-state index contributed by atoms with van der Waals surface area (Å²) in [5.74, 6) is 2.82. The lowest BCUT2D eigenvalue weighted by atomic mass is 10.1. The van der Waals surface area contributed by atoms with Crippen LogP contribution < -0.4 is 10.1 Å². The van der Waals surface area contributed by atoms with E-state index in [1.807, 2.05) is 90.3 Å². The van der Waals surface area contributed by atoms with Gasteiger partial charge in [-0.2, -0.15) is 5.10 Å². The molecule has 4 aromatic rings. The van der Waals surface area contributed by atoms with E-state index in [9.17, 15) is 4.79 Å². The number of methoxy groups -OCH3 is 1. The fourth-order valence-electron chi connectivity index (χ4n) is 3.93. The van der Waals surface area contributed by atoms with Crippen molar-refractivity contribution in [2.24, 2.45) is 0 Å². The van der Waals surface area contributed by atoms with Gasteiger partial charge in [-0.15, -0.1) is 23.5 Å². The first-order chi connectivity index (χ1) is 16.7. The van der Waals surface area contributed by atoms with Crippen molar-refractivity contribution in [3.63, 3.8) is 0 Å². The van der Waals surface area contributed by atoms with Crippen molar-refractivity contribution in [3.8, 4) is 22.7 Å². The van der Waals surface area contributed by atoms with E-state index in [-0.39, 0.29) is 5.91 Å². The quantitative estimate of drug-likeness (QED) is 0.329. The van der Waals surface area contributed by atoms with Crippen molar-refractivity contribution < 1.29 is 9.53 Å². The van der Waals surface area contributed by atoms with Crippen LogP contribution in [0.25, 0.3) is 16.9 Å². The number of amides is 1. The minimum absolute atomic E-state index is 0.204. The molecule has 1 amide bonds. The van der Waals surface area contributed by atoms with Crippen molar-refractivity contribution in [2.75, 3.05) is 23.9 Å². The molecule has 172 valence electrons. The Bertz CT molecular complexity index is 1280. The van der Waals surface area contributed by atoms with Gasteiger partial charge in [-0.1, -0.05) is 42.5 Å². The average molecular weight is 488 g/mol. The van der Waals surface area contributed by atoms with E-state index in [1.54, 1.807) is 18.0 Å². The number of ether oxygens (including phenoxy) is 1. The van der Waals surface area contributed by atoms with Crippen LogP contribution in [0, 0.1) is 0 Å². The molecule has 0 saturated carbocycles. The summed E-state index contributed by atoms with van der Waals surface area (Å²) < 4.78 is 7.72. The molecule has 1 fully saturated rings. The van der Waals surface area contributed by atoms with Gasteiger partial charge < -0.3 is 10.1 Å². The highest BCUT2D eigenvalue weighted by molar-refractivity contribution is 8.16. The zero-order valence-corrected chi connectivity index (χ0v) is 20.4. The van der Waals surface area contributed by atoms with Gasteiger partial charge in [0, 0.05) is 17.4 Å². The Morgan fingerprint density at radius 3 is 2.56 bits per heavy atom. The van der Waals surface area contributed by atoms with Crippen LogP contribution in [0.15, 0.2) is 85.1 Å². The van der Waals surface area contributed by atoms with Crippen molar-refractivity contribution in [1.82, 2.24) is 9.78 Å². The maximum Gasteiger partial charge on any atom is 0.259 e. The number of nitrogens with zero attached hydrogens (tertiary/aromatic N) is 2. The Morgan fingerprint density at radius 1 is 1.00 bits per heavy atom. The van der Waals surface area contributed by atoms with Gasteiger partial charge in [0.15, 0.2) is 0 Å². The van der Waals surface area contributed by atoms with Crippen LogP contribution in [0.2, 0.25) is 0 Å². The molecule has 34 heavy (non-hydrogen) atoms. The van der Waals surface area contributed by atoms with Crippen molar-refractivity contribution in [2.45, 2.75) is 11.0 Å². The van der Waals surface area contributed by atoms with Crippen molar-refractivity contribution >= 4 is 35.1 Å². The summed E-state index contributed by atoms with van der Waals surface area (Å²) in [7, 11) is 1.62. The van der Waals surface area contributed by atoms with Gasteiger partial charge in [0.25, 0.3) is 5.91 Å². The molecule has 0 atom stereocenters. The van der Waals surface area contributed by atoms with E-state index in [0.717, 1.165) is 16.9 Å². The second kappa shape index (κ2) is 10.4. The zero-order valence-electron chi connectivity index (χ0n) is 18.8. The lowest BCUT2D eigenvalue weighted by molar-refractivity contribution is 0.102. The molecule has 7 heteroatoms. The number of carbonyl (C=O) groups excluding carboxylic acids is 1. The minimum atomic E-state index is -0.204. The largest absolute Gasteiger partial charge is 0.496 e. The molecular formula is C27H25N3O2S2. The van der Waals surface area contributed by atoms with Gasteiger partial charge in [0.2, 0.25) is 0 Å². The number of benzene rings is 3. The van der Waals surface area contributed by atoms with Gasteiger partial charge in [-0.05, 0) is 59.9 Å². The smallest absolute Gasteiger partial charge is 0.259 e. The number of hydrogen-bond acceptors (Lipinski definition) is 5. The molecule has 1 saturated heterocycles. The number of nitrogens with one attached hydrogen (secondary N) is 1. The normalized spacial score (nSPS) is 14.0. The summed E-state index contributed by atoms with van der Waals surface area (Å²) in [6, 6.07) is 25.6. The van der Waals surface area contributed by atoms with Gasteiger partial charge in [0.05, 0.1) is 22.9 Å². The van der Waals surface area contributed by atoms with Crippen LogP contribution in [0.1, 0.15) is 26.9 Å². The summed E-state index contributed by atoms with van der Waals surface area (Å²) in [4.78, 5) is 13.5. The molecule has 1 aliphatic rings. The van der Waals surface area contributed by atoms with Crippen molar-refractivity contribution in [3.05, 3.63) is 96.2 Å². The van der Waals surface area contributed by atoms with E-state index in [4.69, 9.17) is 9.84 Å². The van der Waals surface area contributed by atoms with Crippen LogP contribution in [-0.2, 0) is 0 Å². The highest BCUT2D eigenvalue weighted by atomic mass is 32.2. The molecule has 5 nitrogen and oxygen atoms in total. The third-order valence-corrected chi connectivity index (χ3v) is 8.60. The van der Waals surface area contributed by atoms with Crippen molar-refractivity contribution in [1.29, 1.82) is 0 Å². The Kier molecular flexibility index (Phi) is 6.92. The van der Waals surface area contributed by atoms with Crippen LogP contribution in [0.3, 0.4) is 0 Å². The Hall–Kier alpha value is -3.16. The van der Waals surface area contributed by atoms with Gasteiger partial charge >= 0.3 is 0 Å². The number of thioether (sulfide) groups is 2. The molecule has 1 N–H and O–H groups in total. The molecule has 1 aliphatic heterocycles. The van der Waals surface area contributed by atoms with E-state index >= 15 is 0 Å². The topological polar surface area (TPSA) is 56.2 Å². The number of anilines is 1. The second-order valence-electron chi connectivity index (χ2n) is 7.88. The summed E-state index contributed by atoms with van der Waals surface area (Å²) in [5.41, 5.74) is 4.73. The maximum atomic E-state index is 13.5. The molecule has 0 unspecified atom stereocenters. The van der Waals surface area contributed by atoms with E-state index in [2.05, 4.69) is 17.4 Å². The number of carbonyl (C=O) groups is 1. The lowest BCUT2D eigenvalue weighted by Gasteiger charge is -2.21. The molecule has 0 radical (unpaired) electrons. The highest BCUT2D eigenvalue weighted by Crippen LogP contribution is 2.44. The predicted octanol–water partition coefficient (Wildman–Crippen LogP) is 6.67. The van der Waals surface area contributed by atoms with Gasteiger partial charge in [0.1, 0.15) is 11.4 Å². The van der Waals surface area contributed by atoms with Gasteiger partial charge in [-0.3, -0.25) is 4.79 Å². The molecule has 5 rings (SSSR count). The predicted molar refractivity (Wildman–Crippen MR) is 142 cm³/mol. The zero-order chi connectivity index (χ0) is 23.3. The fraction of sp³-hybridized carbons (Fsp3) is 0.185. The van der Waals surface area contributed by atoms with E-state index in [1.165, 1.54) is 23.5 Å². The Balaban J connectivity index is 1.50. The summed E-state index contributed by atoms with van der Waals surface area (Å²) >= 11 is 3.94. The summed E-state index contributed by atoms with van der Waals surface area (Å²) in [6.45, 7) is 0. The third kappa shape index (κ3) is 4.86. The standard InChI is InChI=1S/C27H25N3O2S2/c1-32-24-14-6-5-13-22(24)25-23(18-30(29-25)21-11-3-2-4-12-21)26(31)28-20-10-7-9-19(17-20)27-33-15-8-16-34-27/h2-7,9-14,17-18,27H,8,15-16H2,1H3,(H,28,31). The maximum absolute atomic E-state index is 13.5. The molecule has 3 aromatic carbocycles. The van der Waals surface area contributed by atoms with Crippen LogP contribution in [0.5, 0.6) is 5.75 Å². The number of hydrogen-bond donors (Lipinski definition) is 1. The first-order valence-corrected chi connectivity index (χ1v) is 13.3. The highest BCUT2D eigenvalue weighted by Gasteiger charge is 2.22. The molecule has 2 heterocycles. The number of para-hydroxylation sites is 2. The minimum Gasteiger partial charge on any atom is -0.496 e. The summed E-state index contributed by atoms with van der Waals surface area (Å²) in [6.07, 6.45) is 3.03. The molecule has 1 aromatic heterocycles. The van der Waals surface area contributed by atoms with Crippen LogP contribution in [0.4, 0.5) is 5.69 Å². The molecule has 0 aliphatic carbocycles. The molecule has 0 bridgehead atoms. The Labute approximate surface area is 207 Å². The Morgan fingerprint density at radius 2 is 1.76 bits per heavy atom. The van der Waals surface area contributed by atoms with E-state index < -0.39 is 0 Å². The average Bonchev–Trinajstić information content (AvgIpc) is 3.35. The third-order valence-electron chi connectivity index (χ3n) is 5.59. The summed E-state index contributed by atoms with van der Waals surface area (Å²) in [5, 5.41) is 7.88. The first kappa shape index (κ1) is 22.6. The number of rotatable bonds is 6. The second-order valence-corrected chi connectivity index (χ2v) is 10.6. The van der Waals surface area contributed by atoms with Gasteiger partial charge in [-0.25, -0.2) is 4.68 Å². The fourth-order valence-corrected chi connectivity index (χ4v) is 6.81.